The van der Waals surface area contributed by atoms with Crippen LogP contribution in [-0.4, -0.2) is 60.7 Å². The van der Waals surface area contributed by atoms with E-state index in [0.29, 0.717) is 48.8 Å². The highest BCUT2D eigenvalue weighted by atomic mass is 19.4. The second-order valence-corrected chi connectivity index (χ2v) is 10.0. The van der Waals surface area contributed by atoms with Crippen molar-refractivity contribution in [3.8, 4) is 17.2 Å². The Morgan fingerprint density at radius 3 is 2.28 bits per heavy atom. The van der Waals surface area contributed by atoms with Crippen LogP contribution in [0, 0.1) is 0 Å². The van der Waals surface area contributed by atoms with E-state index in [0.717, 1.165) is 11.0 Å². The molecule has 43 heavy (non-hydrogen) atoms. The number of carbonyl (C=O) groups is 2. The lowest BCUT2D eigenvalue weighted by Crippen LogP contribution is -2.53. The van der Waals surface area contributed by atoms with E-state index in [1.807, 2.05) is 0 Å². The van der Waals surface area contributed by atoms with Gasteiger partial charge < -0.3 is 24.6 Å². The first-order valence-corrected chi connectivity index (χ1v) is 13.5. The number of halogens is 6. The molecule has 2 aromatic rings. The van der Waals surface area contributed by atoms with E-state index in [1.165, 1.54) is 12.2 Å². The fourth-order valence-corrected chi connectivity index (χ4v) is 5.02. The average molecular weight is 617 g/mol. The van der Waals surface area contributed by atoms with Gasteiger partial charge in [-0.05, 0) is 54.3 Å². The number of aryl methyl sites for hydroxylation is 1. The number of fused-ring (bicyclic) bond motifs is 1. The summed E-state index contributed by atoms with van der Waals surface area (Å²) in [7, 11) is 0. The molecule has 1 saturated heterocycles. The maximum absolute atomic E-state index is 13.4. The Morgan fingerprint density at radius 2 is 1.65 bits per heavy atom. The van der Waals surface area contributed by atoms with Crippen LogP contribution in [0.25, 0.3) is 0 Å². The molecule has 0 aliphatic carbocycles. The highest BCUT2D eigenvalue weighted by molar-refractivity contribution is 6.07. The number of nitrogens with one attached hydrogen (secondary N) is 1. The number of rotatable bonds is 10. The fraction of sp³-hybridized carbons (Fsp3) is 0.448. The van der Waals surface area contributed by atoms with Gasteiger partial charge in [0.1, 0.15) is 31.1 Å². The van der Waals surface area contributed by atoms with Crippen LogP contribution in [0.1, 0.15) is 43.4 Å². The molecular formula is C29H30F6N2O6. The number of amides is 3. The zero-order chi connectivity index (χ0) is 31.6. The standard InChI is InChI=1S/C29H30F6N2O6/c1-3-7-18-16-20(27(40,28(30,31)32)29(33,34)35)9-10-21(18)41-13-6-5-12-37-24(38)26(4-2,36-25(37)39)19-8-11-22-23(17-19)43-15-14-42-22/h5-6,8-11,16-17,40H,3-4,7,12-15H2,1-2H3,(H,36,39)/b6-5+. The van der Waals surface area contributed by atoms with E-state index in [1.54, 1.807) is 32.0 Å². The van der Waals surface area contributed by atoms with Gasteiger partial charge in [-0.15, -0.1) is 0 Å². The van der Waals surface area contributed by atoms with Crippen LogP contribution < -0.4 is 19.5 Å². The molecule has 1 atom stereocenters. The number of urea groups is 1. The number of carbonyl (C=O) groups excluding carboxylic acids is 2. The van der Waals surface area contributed by atoms with Gasteiger partial charge in [-0.2, -0.15) is 26.3 Å². The Hall–Kier alpha value is -3.94. The fourth-order valence-electron chi connectivity index (χ4n) is 5.02. The smallest absolute Gasteiger partial charge is 0.430 e. The van der Waals surface area contributed by atoms with Crippen molar-refractivity contribution in [2.75, 3.05) is 26.4 Å². The molecule has 14 heteroatoms. The molecule has 3 amide bonds. The summed E-state index contributed by atoms with van der Waals surface area (Å²) in [5, 5.41) is 12.5. The van der Waals surface area contributed by atoms with Crippen LogP contribution in [0.3, 0.4) is 0 Å². The zero-order valence-corrected chi connectivity index (χ0v) is 23.3. The van der Waals surface area contributed by atoms with Gasteiger partial charge in [0, 0.05) is 12.1 Å². The van der Waals surface area contributed by atoms with Crippen molar-refractivity contribution in [2.24, 2.45) is 0 Å². The van der Waals surface area contributed by atoms with Crippen molar-refractivity contribution >= 4 is 11.9 Å². The van der Waals surface area contributed by atoms with Gasteiger partial charge in [0.2, 0.25) is 0 Å². The Balaban J connectivity index is 1.45. The van der Waals surface area contributed by atoms with Gasteiger partial charge in [0.25, 0.3) is 11.5 Å². The average Bonchev–Trinajstić information content (AvgIpc) is 3.21. The monoisotopic (exact) mass is 616 g/mol. The Bertz CT molecular complexity index is 1380. The van der Waals surface area contributed by atoms with Crippen molar-refractivity contribution in [1.29, 1.82) is 0 Å². The summed E-state index contributed by atoms with van der Waals surface area (Å²) in [5.41, 5.74) is -7.15. The summed E-state index contributed by atoms with van der Waals surface area (Å²) >= 11 is 0. The molecule has 1 unspecified atom stereocenters. The molecule has 2 aromatic carbocycles. The third-order valence-electron chi connectivity index (χ3n) is 7.35. The minimum Gasteiger partial charge on any atom is -0.489 e. The maximum atomic E-state index is 13.4. The van der Waals surface area contributed by atoms with E-state index in [-0.39, 0.29) is 37.3 Å². The number of nitrogens with zero attached hydrogens (tertiary/aromatic N) is 1. The van der Waals surface area contributed by atoms with Crippen molar-refractivity contribution in [3.05, 3.63) is 65.2 Å². The number of ether oxygens (including phenoxy) is 3. The molecule has 0 bridgehead atoms. The SMILES string of the molecule is CCCc1cc(C(O)(C(F)(F)F)C(F)(F)F)ccc1OC/C=C/CN1C(=O)NC(CC)(c2ccc3c(c2)OCCO3)C1=O. The minimum absolute atomic E-state index is 0.0283. The van der Waals surface area contributed by atoms with Gasteiger partial charge in [0.05, 0.1) is 0 Å². The van der Waals surface area contributed by atoms with E-state index >= 15 is 0 Å². The largest absolute Gasteiger partial charge is 0.489 e. The summed E-state index contributed by atoms with van der Waals surface area (Å²) in [5.74, 6) is 0.544. The first-order chi connectivity index (χ1) is 20.2. The number of alkyl halides is 6. The molecule has 0 aromatic heterocycles. The van der Waals surface area contributed by atoms with E-state index in [4.69, 9.17) is 14.2 Å². The minimum atomic E-state index is -6.00. The van der Waals surface area contributed by atoms with Crippen molar-refractivity contribution in [2.45, 2.75) is 56.6 Å². The molecule has 2 N–H and O–H groups in total. The number of imide groups is 1. The van der Waals surface area contributed by atoms with Crippen molar-refractivity contribution < 1.29 is 55.2 Å². The third kappa shape index (κ3) is 5.84. The van der Waals surface area contributed by atoms with Crippen LogP contribution in [0.2, 0.25) is 0 Å². The van der Waals surface area contributed by atoms with Gasteiger partial charge >= 0.3 is 18.4 Å². The summed E-state index contributed by atoms with van der Waals surface area (Å²) < 4.78 is 96.7. The van der Waals surface area contributed by atoms with E-state index < -0.39 is 41.0 Å². The lowest BCUT2D eigenvalue weighted by atomic mass is 9.87. The predicted octanol–water partition coefficient (Wildman–Crippen LogP) is 5.51. The summed E-state index contributed by atoms with van der Waals surface area (Å²) in [6.45, 7) is 3.90. The van der Waals surface area contributed by atoms with Crippen molar-refractivity contribution in [1.82, 2.24) is 10.2 Å². The molecule has 8 nitrogen and oxygen atoms in total. The molecule has 1 fully saturated rings. The quantitative estimate of drug-likeness (QED) is 0.208. The molecular weight excluding hydrogens is 586 g/mol. The highest BCUT2D eigenvalue weighted by Gasteiger charge is 2.71. The molecule has 0 saturated carbocycles. The summed E-state index contributed by atoms with van der Waals surface area (Å²) in [4.78, 5) is 27.2. The predicted molar refractivity (Wildman–Crippen MR) is 141 cm³/mol. The lowest BCUT2D eigenvalue weighted by molar-refractivity contribution is -0.376. The Kier molecular flexibility index (Phi) is 8.91. The summed E-state index contributed by atoms with van der Waals surface area (Å²) in [6.07, 6.45) is -8.35. The second kappa shape index (κ2) is 12.0. The van der Waals surface area contributed by atoms with Crippen LogP contribution in [0.15, 0.2) is 48.6 Å². The van der Waals surface area contributed by atoms with Gasteiger partial charge in [-0.1, -0.05) is 38.5 Å². The third-order valence-corrected chi connectivity index (χ3v) is 7.35. The molecule has 2 aliphatic heterocycles. The second-order valence-electron chi connectivity index (χ2n) is 10.0. The number of aliphatic hydroxyl groups is 1. The highest BCUT2D eigenvalue weighted by Crippen LogP contribution is 2.50. The number of hydrogen-bond donors (Lipinski definition) is 2. The van der Waals surface area contributed by atoms with E-state index in [2.05, 4.69) is 5.32 Å². The first-order valence-electron chi connectivity index (χ1n) is 13.5. The van der Waals surface area contributed by atoms with Crippen LogP contribution in [0.4, 0.5) is 31.1 Å². The Morgan fingerprint density at radius 1 is 0.977 bits per heavy atom. The van der Waals surface area contributed by atoms with E-state index in [9.17, 15) is 41.0 Å². The zero-order valence-electron chi connectivity index (χ0n) is 23.3. The molecule has 4 rings (SSSR count). The first kappa shape index (κ1) is 32.0. The van der Waals surface area contributed by atoms with Gasteiger partial charge in [-0.3, -0.25) is 9.69 Å². The molecule has 2 aliphatic rings. The van der Waals surface area contributed by atoms with Gasteiger partial charge in [0.15, 0.2) is 11.5 Å². The number of hydrogen-bond acceptors (Lipinski definition) is 6. The number of benzene rings is 2. The molecule has 234 valence electrons. The van der Waals surface area contributed by atoms with Gasteiger partial charge in [-0.25, -0.2) is 4.79 Å². The van der Waals surface area contributed by atoms with Crippen LogP contribution >= 0.6 is 0 Å². The lowest BCUT2D eigenvalue weighted by Gasteiger charge is -2.33. The van der Waals surface area contributed by atoms with Crippen LogP contribution in [0.5, 0.6) is 17.2 Å². The molecule has 0 radical (unpaired) electrons. The van der Waals surface area contributed by atoms with Crippen molar-refractivity contribution in [3.63, 3.8) is 0 Å². The molecule has 0 spiro atoms. The maximum Gasteiger partial charge on any atom is 0.430 e. The summed E-state index contributed by atoms with van der Waals surface area (Å²) in [6, 6.07) is 6.51. The van der Waals surface area contributed by atoms with Crippen LogP contribution in [-0.2, 0) is 22.4 Å². The topological polar surface area (TPSA) is 97.3 Å². The normalized spacial score (nSPS) is 19.2. The molecule has 2 heterocycles. The Labute approximate surface area is 243 Å².